The van der Waals surface area contributed by atoms with Gasteiger partial charge in [0.05, 0.1) is 12.6 Å². The molecule has 0 saturated heterocycles. The molecule has 1 aliphatic carbocycles. The standard InChI is InChI=1S/C13H19N2O3/c1-10(2)13(9-18-3)14-8-11-4-6-12(7-5-11)15(16)17/h4-8,10,13-14H,9H2,1-3H3/q-1. The van der Waals surface area contributed by atoms with Gasteiger partial charge in [-0.25, -0.2) is 0 Å². The van der Waals surface area contributed by atoms with E-state index in [4.69, 9.17) is 4.74 Å². The molecule has 100 valence electrons. The van der Waals surface area contributed by atoms with Gasteiger partial charge in [-0.05, 0) is 23.6 Å². The Balaban J connectivity index is 2.62. The zero-order valence-electron chi connectivity index (χ0n) is 10.9. The van der Waals surface area contributed by atoms with Gasteiger partial charge in [-0.15, -0.1) is 0 Å². The fourth-order valence-electron chi connectivity index (χ4n) is 1.51. The molecule has 0 aromatic rings. The van der Waals surface area contributed by atoms with Gasteiger partial charge in [0.25, 0.3) is 0 Å². The van der Waals surface area contributed by atoms with Crippen LogP contribution in [0.5, 0.6) is 0 Å². The molecular formula is C13H19N2O3-. The molecule has 1 unspecified atom stereocenters. The number of methoxy groups -OCH3 is 1. The Morgan fingerprint density at radius 2 is 1.89 bits per heavy atom. The monoisotopic (exact) mass is 251 g/mol. The predicted molar refractivity (Wildman–Crippen MR) is 72.0 cm³/mol. The number of allylic oxidation sites excluding steroid dienone is 5. The topological polar surface area (TPSA) is 70.4 Å². The molecule has 0 fully saturated rings. The fourth-order valence-corrected chi connectivity index (χ4v) is 1.51. The third-order valence-electron chi connectivity index (χ3n) is 2.72. The Morgan fingerprint density at radius 3 is 2.33 bits per heavy atom. The molecule has 0 heterocycles. The van der Waals surface area contributed by atoms with E-state index >= 15 is 0 Å². The number of hydrogen-bond donors (Lipinski definition) is 1. The van der Waals surface area contributed by atoms with E-state index in [0.29, 0.717) is 12.5 Å². The molecule has 1 N–H and O–H groups in total. The van der Waals surface area contributed by atoms with Gasteiger partial charge in [0.1, 0.15) is 0 Å². The maximum Gasteiger partial charge on any atom is 0.222 e. The summed E-state index contributed by atoms with van der Waals surface area (Å²) < 4.78 is 5.13. The Labute approximate surface area is 107 Å². The van der Waals surface area contributed by atoms with Crippen molar-refractivity contribution < 1.29 is 9.64 Å². The van der Waals surface area contributed by atoms with Gasteiger partial charge in [0, 0.05) is 25.5 Å². The number of nitrogens with zero attached hydrogens (tertiary/aromatic N) is 1. The molecule has 0 radical (unpaired) electrons. The maximum atomic E-state index is 10.5. The van der Waals surface area contributed by atoms with Gasteiger partial charge in [-0.2, -0.15) is 4.90 Å². The molecular weight excluding hydrogens is 232 g/mol. The lowest BCUT2D eigenvalue weighted by molar-refractivity contribution is -0.377. The summed E-state index contributed by atoms with van der Waals surface area (Å²) in [6.07, 6.45) is 8.28. The Morgan fingerprint density at radius 1 is 1.28 bits per heavy atom. The lowest BCUT2D eigenvalue weighted by Gasteiger charge is -2.20. The number of ether oxygens (including phenoxy) is 1. The summed E-state index contributed by atoms with van der Waals surface area (Å²) >= 11 is 0. The second-order valence-electron chi connectivity index (χ2n) is 4.47. The Kier molecular flexibility index (Phi) is 5.45. The molecule has 0 amide bonds. The minimum atomic E-state index is -0.404. The Bertz CT molecular complexity index is 373. The fraction of sp³-hybridized carbons (Fsp3) is 0.462. The summed E-state index contributed by atoms with van der Waals surface area (Å²) in [6.45, 7) is 4.85. The summed E-state index contributed by atoms with van der Waals surface area (Å²) in [7, 11) is 1.67. The van der Waals surface area contributed by atoms with Crippen LogP contribution in [0.2, 0.25) is 0 Å². The van der Waals surface area contributed by atoms with Crippen molar-refractivity contribution in [2.24, 2.45) is 5.92 Å². The molecule has 0 spiro atoms. The van der Waals surface area contributed by atoms with Crippen LogP contribution in [-0.2, 0) is 4.74 Å². The zero-order chi connectivity index (χ0) is 13.5. The van der Waals surface area contributed by atoms with E-state index in [1.54, 1.807) is 19.3 Å². The molecule has 5 nitrogen and oxygen atoms in total. The van der Waals surface area contributed by atoms with E-state index in [2.05, 4.69) is 19.2 Å². The third-order valence-corrected chi connectivity index (χ3v) is 2.72. The van der Waals surface area contributed by atoms with Gasteiger partial charge in [-0.3, -0.25) is 0 Å². The van der Waals surface area contributed by atoms with Crippen molar-refractivity contribution >= 4 is 5.71 Å². The van der Waals surface area contributed by atoms with Crippen LogP contribution < -0.4 is 5.32 Å². The van der Waals surface area contributed by atoms with Crippen molar-refractivity contribution in [2.75, 3.05) is 13.7 Å². The highest BCUT2D eigenvalue weighted by molar-refractivity contribution is 6.02. The molecule has 0 aromatic carbocycles. The molecule has 1 rings (SSSR count). The molecule has 0 bridgehead atoms. The molecule has 0 aromatic heterocycles. The lowest BCUT2D eigenvalue weighted by Crippen LogP contribution is -2.34. The van der Waals surface area contributed by atoms with E-state index in [0.717, 1.165) is 5.57 Å². The Hall–Kier alpha value is -1.75. The van der Waals surface area contributed by atoms with Crippen LogP contribution in [0.15, 0.2) is 36.1 Å². The van der Waals surface area contributed by atoms with Crippen molar-refractivity contribution in [3.05, 3.63) is 46.5 Å². The highest BCUT2D eigenvalue weighted by Crippen LogP contribution is 2.07. The summed E-state index contributed by atoms with van der Waals surface area (Å²) in [4.78, 5) is -0.404. The largest absolute Gasteiger partial charge is 0.612 e. The van der Waals surface area contributed by atoms with E-state index in [1.807, 2.05) is 6.20 Å². The number of hydrogen-bond acceptors (Lipinski definition) is 4. The van der Waals surface area contributed by atoms with Crippen LogP contribution in [0, 0.1) is 16.3 Å². The first-order chi connectivity index (χ1) is 8.54. The average molecular weight is 251 g/mol. The molecule has 0 saturated carbocycles. The van der Waals surface area contributed by atoms with Crippen molar-refractivity contribution in [3.8, 4) is 0 Å². The number of nitrogens with one attached hydrogen (secondary N) is 1. The zero-order valence-corrected chi connectivity index (χ0v) is 10.9. The van der Waals surface area contributed by atoms with Crippen molar-refractivity contribution in [3.63, 3.8) is 0 Å². The van der Waals surface area contributed by atoms with Crippen LogP contribution in [-0.4, -0.2) is 30.4 Å². The normalized spacial score (nSPS) is 16.0. The SMILES string of the molecule is COCC(NC=C1C=CC(=[N+]([O-])[O-])C=C1)C(C)C. The van der Waals surface area contributed by atoms with Crippen LogP contribution >= 0.6 is 0 Å². The first kappa shape index (κ1) is 14.3. The van der Waals surface area contributed by atoms with Crippen LogP contribution in [0.25, 0.3) is 0 Å². The first-order valence-corrected chi connectivity index (χ1v) is 5.87. The molecule has 18 heavy (non-hydrogen) atoms. The van der Waals surface area contributed by atoms with Crippen LogP contribution in [0.3, 0.4) is 0 Å². The summed E-state index contributed by atoms with van der Waals surface area (Å²) in [5, 5.41) is 24.3. The van der Waals surface area contributed by atoms with Crippen molar-refractivity contribution in [1.29, 1.82) is 0 Å². The highest BCUT2D eigenvalue weighted by Gasteiger charge is 2.11. The van der Waals surface area contributed by atoms with Gasteiger partial charge < -0.3 is 20.5 Å². The van der Waals surface area contributed by atoms with E-state index in [9.17, 15) is 10.4 Å². The smallest absolute Gasteiger partial charge is 0.222 e. The quantitative estimate of drug-likeness (QED) is 0.596. The second kappa shape index (κ2) is 6.86. The first-order valence-electron chi connectivity index (χ1n) is 5.87. The van der Waals surface area contributed by atoms with E-state index in [-0.39, 0.29) is 11.8 Å². The third kappa shape index (κ3) is 4.25. The van der Waals surface area contributed by atoms with Gasteiger partial charge in [0.2, 0.25) is 5.71 Å². The van der Waals surface area contributed by atoms with E-state index in [1.165, 1.54) is 12.2 Å². The molecule has 0 aliphatic heterocycles. The second-order valence-corrected chi connectivity index (χ2v) is 4.47. The summed E-state index contributed by atoms with van der Waals surface area (Å²) in [5.74, 6) is 0.444. The minimum Gasteiger partial charge on any atom is -0.612 e. The molecule has 1 atom stereocenters. The summed E-state index contributed by atoms with van der Waals surface area (Å²) in [5.41, 5.74) is 1.01. The average Bonchev–Trinajstić information content (AvgIpc) is 2.34. The van der Waals surface area contributed by atoms with Gasteiger partial charge in [-0.1, -0.05) is 13.8 Å². The van der Waals surface area contributed by atoms with Crippen molar-refractivity contribution in [1.82, 2.24) is 5.32 Å². The summed E-state index contributed by atoms with van der Waals surface area (Å²) in [6, 6.07) is 0.227. The van der Waals surface area contributed by atoms with E-state index < -0.39 is 4.90 Å². The van der Waals surface area contributed by atoms with Gasteiger partial charge in [0.15, 0.2) is 0 Å². The molecule has 1 aliphatic rings. The minimum absolute atomic E-state index is 0.101. The number of rotatable bonds is 5. The lowest BCUT2D eigenvalue weighted by atomic mass is 10.1. The van der Waals surface area contributed by atoms with Gasteiger partial charge >= 0.3 is 0 Å². The highest BCUT2D eigenvalue weighted by atomic mass is 16.8. The molecule has 5 heteroatoms. The van der Waals surface area contributed by atoms with Crippen molar-refractivity contribution in [2.45, 2.75) is 19.9 Å². The maximum absolute atomic E-state index is 10.5. The van der Waals surface area contributed by atoms with Crippen LogP contribution in [0.4, 0.5) is 0 Å². The predicted octanol–water partition coefficient (Wildman–Crippen LogP) is 1.71. The van der Waals surface area contributed by atoms with Crippen LogP contribution in [0.1, 0.15) is 13.8 Å².